The average molecular weight is 364 g/mol. The molecule has 0 spiro atoms. The molecule has 0 aliphatic heterocycles. The van der Waals surface area contributed by atoms with Crippen LogP contribution in [0.25, 0.3) is 11.0 Å². The van der Waals surface area contributed by atoms with Crippen LogP contribution in [0.2, 0.25) is 0 Å². The number of aryl methyl sites for hydroxylation is 2. The molecule has 0 bridgehead atoms. The summed E-state index contributed by atoms with van der Waals surface area (Å²) in [6.07, 6.45) is 0. The smallest absolute Gasteiger partial charge is 0.349 e. The van der Waals surface area contributed by atoms with Gasteiger partial charge in [0.05, 0.1) is 0 Å². The lowest BCUT2D eigenvalue weighted by Crippen LogP contribution is -2.22. The highest BCUT2D eigenvalue weighted by Gasteiger charge is 2.15. The van der Waals surface area contributed by atoms with Gasteiger partial charge in [-0.25, -0.2) is 4.79 Å². The van der Waals surface area contributed by atoms with Gasteiger partial charge in [-0.05, 0) is 57.5 Å². The molecule has 1 heterocycles. The molecule has 3 aromatic rings. The van der Waals surface area contributed by atoms with Crippen molar-refractivity contribution >= 4 is 28.3 Å². The van der Waals surface area contributed by atoms with Gasteiger partial charge in [0, 0.05) is 35.9 Å². The van der Waals surface area contributed by atoms with Crippen LogP contribution in [0.5, 0.6) is 0 Å². The Balaban J connectivity index is 1.95. The van der Waals surface area contributed by atoms with Gasteiger partial charge >= 0.3 is 5.63 Å². The fraction of sp³-hybridized carbons (Fsp3) is 0.273. The Morgan fingerprint density at radius 3 is 2.44 bits per heavy atom. The number of rotatable bonds is 5. The van der Waals surface area contributed by atoms with Crippen LogP contribution in [-0.2, 0) is 0 Å². The summed E-state index contributed by atoms with van der Waals surface area (Å²) in [6.45, 7) is 9.78. The van der Waals surface area contributed by atoms with Crippen LogP contribution in [0, 0.1) is 13.8 Å². The van der Waals surface area contributed by atoms with E-state index in [0.29, 0.717) is 11.3 Å². The van der Waals surface area contributed by atoms with Gasteiger partial charge in [-0.15, -0.1) is 0 Å². The predicted molar refractivity (Wildman–Crippen MR) is 110 cm³/mol. The van der Waals surface area contributed by atoms with Gasteiger partial charge in [0.1, 0.15) is 11.1 Å². The van der Waals surface area contributed by atoms with E-state index in [1.165, 1.54) is 0 Å². The van der Waals surface area contributed by atoms with Crippen LogP contribution in [0.15, 0.2) is 51.7 Å². The van der Waals surface area contributed by atoms with Crippen molar-refractivity contribution in [2.75, 3.05) is 23.3 Å². The quantitative estimate of drug-likeness (QED) is 0.677. The van der Waals surface area contributed by atoms with E-state index in [1.807, 2.05) is 50.2 Å². The Morgan fingerprint density at radius 1 is 1.04 bits per heavy atom. The molecule has 0 saturated heterocycles. The second kappa shape index (κ2) is 7.66. The van der Waals surface area contributed by atoms with E-state index in [-0.39, 0.29) is 5.56 Å². The van der Waals surface area contributed by atoms with Crippen LogP contribution >= 0.6 is 0 Å². The van der Waals surface area contributed by atoms with Crippen LogP contribution < -0.4 is 15.8 Å². The summed E-state index contributed by atoms with van der Waals surface area (Å²) in [7, 11) is 0. The fourth-order valence-corrected chi connectivity index (χ4v) is 3.19. The number of nitrogens with zero attached hydrogens (tertiary/aromatic N) is 1. The van der Waals surface area contributed by atoms with E-state index >= 15 is 0 Å². The number of amides is 1. The SMILES string of the molecule is CCN(CC)c1ccc2cc(C(=O)Nc3ccc(C)cc3C)c(=O)oc2c1. The molecule has 0 fully saturated rings. The molecule has 0 radical (unpaired) electrons. The Labute approximate surface area is 158 Å². The third kappa shape index (κ3) is 3.87. The molecule has 0 aliphatic rings. The van der Waals surface area contributed by atoms with E-state index in [1.54, 1.807) is 6.07 Å². The van der Waals surface area contributed by atoms with Crippen LogP contribution in [0.4, 0.5) is 11.4 Å². The Bertz CT molecular complexity index is 1050. The van der Waals surface area contributed by atoms with Gasteiger partial charge in [0.15, 0.2) is 0 Å². The van der Waals surface area contributed by atoms with Crippen LogP contribution in [0.1, 0.15) is 35.3 Å². The molecule has 3 rings (SSSR count). The van der Waals surface area contributed by atoms with Crippen molar-refractivity contribution in [2.24, 2.45) is 0 Å². The molecule has 27 heavy (non-hydrogen) atoms. The first-order valence-electron chi connectivity index (χ1n) is 9.14. The Morgan fingerprint density at radius 2 is 1.78 bits per heavy atom. The van der Waals surface area contributed by atoms with Crippen molar-refractivity contribution in [3.8, 4) is 0 Å². The van der Waals surface area contributed by atoms with Gasteiger partial charge in [0.2, 0.25) is 0 Å². The molecule has 140 valence electrons. The summed E-state index contributed by atoms with van der Waals surface area (Å²) in [6, 6.07) is 13.0. The minimum Gasteiger partial charge on any atom is -0.422 e. The number of carbonyl (C=O) groups excluding carboxylic acids is 1. The van der Waals surface area contributed by atoms with Gasteiger partial charge < -0.3 is 14.6 Å². The third-order valence-electron chi connectivity index (χ3n) is 4.72. The molecule has 0 atom stereocenters. The van der Waals surface area contributed by atoms with Crippen LogP contribution in [-0.4, -0.2) is 19.0 Å². The summed E-state index contributed by atoms with van der Waals surface area (Å²) in [5.41, 5.74) is 3.56. The van der Waals surface area contributed by atoms with Crippen LogP contribution in [0.3, 0.4) is 0 Å². The summed E-state index contributed by atoms with van der Waals surface area (Å²) in [5, 5.41) is 3.52. The molecule has 1 N–H and O–H groups in total. The average Bonchev–Trinajstić information content (AvgIpc) is 2.64. The zero-order valence-electron chi connectivity index (χ0n) is 16.1. The molecule has 5 nitrogen and oxygen atoms in total. The standard InChI is InChI=1S/C22H24N2O3/c1-5-24(6-2)17-9-8-16-12-18(22(26)27-20(16)13-17)21(25)23-19-10-7-14(3)11-15(19)4/h7-13H,5-6H2,1-4H3,(H,23,25). The second-order valence-electron chi connectivity index (χ2n) is 6.61. The summed E-state index contributed by atoms with van der Waals surface area (Å²) >= 11 is 0. The molecule has 1 aromatic heterocycles. The minimum absolute atomic E-state index is 0.00179. The normalized spacial score (nSPS) is 10.8. The summed E-state index contributed by atoms with van der Waals surface area (Å²) in [5.74, 6) is -0.467. The highest BCUT2D eigenvalue weighted by Crippen LogP contribution is 2.22. The first kappa shape index (κ1) is 18.7. The summed E-state index contributed by atoms with van der Waals surface area (Å²) < 4.78 is 5.44. The zero-order chi connectivity index (χ0) is 19.6. The van der Waals surface area contributed by atoms with Crippen molar-refractivity contribution in [3.63, 3.8) is 0 Å². The lowest BCUT2D eigenvalue weighted by Gasteiger charge is -2.21. The number of nitrogens with one attached hydrogen (secondary N) is 1. The largest absolute Gasteiger partial charge is 0.422 e. The zero-order valence-corrected chi connectivity index (χ0v) is 16.1. The number of carbonyl (C=O) groups is 1. The monoisotopic (exact) mass is 364 g/mol. The highest BCUT2D eigenvalue weighted by molar-refractivity contribution is 6.05. The lowest BCUT2D eigenvalue weighted by atomic mass is 10.1. The minimum atomic E-state index is -0.638. The van der Waals surface area contributed by atoms with Gasteiger partial charge in [0.25, 0.3) is 5.91 Å². The number of anilines is 2. The predicted octanol–water partition coefficient (Wildman–Crippen LogP) is 4.51. The number of hydrogen-bond donors (Lipinski definition) is 1. The third-order valence-corrected chi connectivity index (χ3v) is 4.72. The number of benzene rings is 2. The number of fused-ring (bicyclic) bond motifs is 1. The maximum Gasteiger partial charge on any atom is 0.349 e. The van der Waals surface area contributed by atoms with Gasteiger partial charge in [-0.1, -0.05) is 17.7 Å². The molecule has 0 aliphatic carbocycles. The van der Waals surface area contributed by atoms with Crippen molar-refractivity contribution in [2.45, 2.75) is 27.7 Å². The summed E-state index contributed by atoms with van der Waals surface area (Å²) in [4.78, 5) is 27.2. The second-order valence-corrected chi connectivity index (χ2v) is 6.61. The Hall–Kier alpha value is -3.08. The molecule has 2 aromatic carbocycles. The number of hydrogen-bond acceptors (Lipinski definition) is 4. The van der Waals surface area contributed by atoms with E-state index < -0.39 is 11.5 Å². The van der Waals surface area contributed by atoms with Crippen molar-refractivity contribution in [1.29, 1.82) is 0 Å². The van der Waals surface area contributed by atoms with Crippen molar-refractivity contribution < 1.29 is 9.21 Å². The van der Waals surface area contributed by atoms with E-state index in [9.17, 15) is 9.59 Å². The first-order chi connectivity index (χ1) is 12.9. The lowest BCUT2D eigenvalue weighted by molar-refractivity contribution is 0.102. The fourth-order valence-electron chi connectivity index (χ4n) is 3.19. The van der Waals surface area contributed by atoms with E-state index in [2.05, 4.69) is 24.1 Å². The van der Waals surface area contributed by atoms with Crippen molar-refractivity contribution in [1.82, 2.24) is 0 Å². The van der Waals surface area contributed by atoms with E-state index in [0.717, 1.165) is 35.3 Å². The van der Waals surface area contributed by atoms with Crippen molar-refractivity contribution in [3.05, 3.63) is 69.6 Å². The Kier molecular flexibility index (Phi) is 5.31. The highest BCUT2D eigenvalue weighted by atomic mass is 16.4. The molecule has 5 heteroatoms. The topological polar surface area (TPSA) is 62.6 Å². The molecular weight excluding hydrogens is 340 g/mol. The van der Waals surface area contributed by atoms with Gasteiger partial charge in [-0.2, -0.15) is 0 Å². The molecule has 0 unspecified atom stereocenters. The molecule has 1 amide bonds. The molecule has 0 saturated carbocycles. The molecular formula is C22H24N2O3. The van der Waals surface area contributed by atoms with Gasteiger partial charge in [-0.3, -0.25) is 4.79 Å². The first-order valence-corrected chi connectivity index (χ1v) is 9.14. The maximum absolute atomic E-state index is 12.6. The van der Waals surface area contributed by atoms with E-state index in [4.69, 9.17) is 4.42 Å². The maximum atomic E-state index is 12.6.